The van der Waals surface area contributed by atoms with Crippen LogP contribution in [0, 0.1) is 46.2 Å². The molecule has 1 unspecified atom stereocenters. The molecule has 308 valence electrons. The fourth-order valence-electron chi connectivity index (χ4n) is 5.04. The van der Waals surface area contributed by atoms with Gasteiger partial charge in [0, 0.05) is 23.3 Å². The molecule has 0 spiro atoms. The minimum absolute atomic E-state index is 0. The van der Waals surface area contributed by atoms with E-state index in [9.17, 15) is 40.7 Å². The number of carbonyl (C=O) groups is 3. The van der Waals surface area contributed by atoms with Crippen LogP contribution < -0.4 is 29.4 Å². The summed E-state index contributed by atoms with van der Waals surface area (Å²) in [7, 11) is 0. The third-order valence-electron chi connectivity index (χ3n) is 7.45. The molecule has 0 radical (unpaired) electrons. The predicted octanol–water partition coefficient (Wildman–Crippen LogP) is 7.23. The summed E-state index contributed by atoms with van der Waals surface area (Å²) in [5.41, 5.74) is 5.86. The summed E-state index contributed by atoms with van der Waals surface area (Å²) >= 11 is 0. The molecule has 0 aliphatic carbocycles. The van der Waals surface area contributed by atoms with Crippen LogP contribution in [0.5, 0.6) is 34.5 Å². The van der Waals surface area contributed by atoms with Crippen molar-refractivity contribution in [3.63, 3.8) is 0 Å². The zero-order valence-electron chi connectivity index (χ0n) is 29.7. The van der Waals surface area contributed by atoms with Gasteiger partial charge in [-0.2, -0.15) is 5.26 Å². The maximum absolute atomic E-state index is 13.9. The highest BCUT2D eigenvalue weighted by molar-refractivity contribution is 5.93. The summed E-state index contributed by atoms with van der Waals surface area (Å²) in [6, 6.07) is 12.3. The Morgan fingerprint density at radius 1 is 0.793 bits per heavy atom. The zero-order chi connectivity index (χ0) is 41.8. The largest absolute Gasteiger partial charge is 0.508 e. The highest BCUT2D eigenvalue weighted by atomic mass is 19.2. The molecule has 7 rings (SSSR count). The minimum Gasteiger partial charge on any atom is -0.508 e. The van der Waals surface area contributed by atoms with Crippen molar-refractivity contribution >= 4 is 18.2 Å². The van der Waals surface area contributed by atoms with Crippen LogP contribution in [0.15, 0.2) is 66.1 Å². The fraction of sp³-hybridized carbons (Fsp3) is 0.231. The van der Waals surface area contributed by atoms with Crippen molar-refractivity contribution in [3.8, 4) is 40.6 Å². The van der Waals surface area contributed by atoms with Crippen LogP contribution in [0.2, 0.25) is 0 Å². The van der Waals surface area contributed by atoms with Crippen molar-refractivity contribution < 1.29 is 79.0 Å². The van der Waals surface area contributed by atoms with Crippen molar-refractivity contribution in [3.05, 3.63) is 118 Å². The number of ether oxygens (including phenoxy) is 7. The Morgan fingerprint density at radius 2 is 1.31 bits per heavy atom. The van der Waals surface area contributed by atoms with Gasteiger partial charge in [0.15, 0.2) is 57.9 Å². The van der Waals surface area contributed by atoms with E-state index in [0.717, 1.165) is 12.1 Å². The van der Waals surface area contributed by atoms with Crippen LogP contribution in [-0.2, 0) is 19.1 Å². The first-order valence-electron chi connectivity index (χ1n) is 16.4. The molecule has 4 aromatic rings. The van der Waals surface area contributed by atoms with Gasteiger partial charge in [-0.1, -0.05) is 7.43 Å². The van der Waals surface area contributed by atoms with E-state index >= 15 is 0 Å². The van der Waals surface area contributed by atoms with Crippen molar-refractivity contribution in [2.24, 2.45) is 5.73 Å². The standard InChI is InChI=1S/C19H14F3NO5.C7H3F3O.C7H6O3.C5H7NO2.CH4/c1-2-25-19(24)16-15(8-3-10(20)17(22)11(21)4-8)9-5-13-14(27-7-26-13)6-12(9)28-18(16)23;8-5-1-4(3-11)2-6(9)7(5)10;8-5-1-2-6-7(3-5)10-4-9-6;1-2-8-5(7)3-4-6;/h3-6,15H,2,7,23H2,1H3;1-3H;1-3,8H,4H2;2-3H2,1H3;1H4. The lowest BCUT2D eigenvalue weighted by molar-refractivity contribution is -0.142. The van der Waals surface area contributed by atoms with Crippen LogP contribution in [-0.4, -0.2) is 50.1 Å². The second-order valence-electron chi connectivity index (χ2n) is 11.2. The number of hydrogen-bond acceptors (Lipinski definition) is 13. The van der Waals surface area contributed by atoms with Crippen molar-refractivity contribution in [1.29, 1.82) is 5.26 Å². The van der Waals surface area contributed by atoms with Crippen LogP contribution in [0.25, 0.3) is 0 Å². The van der Waals surface area contributed by atoms with E-state index < -0.39 is 52.8 Å². The van der Waals surface area contributed by atoms with Gasteiger partial charge < -0.3 is 44.0 Å². The number of nitrogens with zero attached hydrogens (tertiary/aromatic N) is 1. The minimum atomic E-state index is -1.61. The fourth-order valence-corrected chi connectivity index (χ4v) is 5.04. The third-order valence-corrected chi connectivity index (χ3v) is 7.45. The van der Waals surface area contributed by atoms with E-state index in [0.29, 0.717) is 47.3 Å². The van der Waals surface area contributed by atoms with E-state index in [-0.39, 0.29) is 74.4 Å². The predicted molar refractivity (Wildman–Crippen MR) is 189 cm³/mol. The molecule has 0 bridgehead atoms. The molecular weight excluding hydrogens is 786 g/mol. The second kappa shape index (κ2) is 20.7. The summed E-state index contributed by atoms with van der Waals surface area (Å²) < 4.78 is 114. The average Bonchev–Trinajstić information content (AvgIpc) is 3.84. The SMILES string of the molecule is C.CCOC(=O)C1=C(N)Oc2cc3c(cc2C1c1cc(F)c(F)c(F)c1)OCO3.CCOC(=O)CC#N.O=Cc1cc(F)c(F)c(F)c1.Oc1ccc2c(c1)OCO2. The normalized spacial score (nSPS) is 13.5. The van der Waals surface area contributed by atoms with Crippen LogP contribution >= 0.6 is 0 Å². The van der Waals surface area contributed by atoms with Crippen LogP contribution in [0.1, 0.15) is 55.1 Å². The molecule has 3 heterocycles. The van der Waals surface area contributed by atoms with Gasteiger partial charge in [0.05, 0.1) is 25.2 Å². The lowest BCUT2D eigenvalue weighted by Gasteiger charge is -2.28. The van der Waals surface area contributed by atoms with Gasteiger partial charge >= 0.3 is 11.9 Å². The van der Waals surface area contributed by atoms with Crippen molar-refractivity contribution in [2.45, 2.75) is 33.6 Å². The lowest BCUT2D eigenvalue weighted by atomic mass is 9.82. The summed E-state index contributed by atoms with van der Waals surface area (Å²) in [6.45, 7) is 3.92. The first-order valence-corrected chi connectivity index (χ1v) is 16.4. The number of aldehydes is 1. The number of phenols is 1. The first-order chi connectivity index (χ1) is 27.2. The van der Waals surface area contributed by atoms with E-state index in [1.54, 1.807) is 32.0 Å². The van der Waals surface area contributed by atoms with E-state index in [1.807, 2.05) is 0 Å². The Morgan fingerprint density at radius 3 is 1.84 bits per heavy atom. The number of esters is 2. The maximum atomic E-state index is 13.9. The molecule has 3 N–H and O–H groups in total. The Balaban J connectivity index is 0.000000245. The number of aromatic hydroxyl groups is 1. The summed E-state index contributed by atoms with van der Waals surface area (Å²) in [6.07, 6.45) is 0.0967. The number of rotatable bonds is 6. The molecule has 13 nitrogen and oxygen atoms in total. The van der Waals surface area contributed by atoms with E-state index in [1.165, 1.54) is 18.2 Å². The number of phenolic OH excluding ortho intramolecular Hbond substituents is 1. The Bertz CT molecular complexity index is 2180. The summed E-state index contributed by atoms with van der Waals surface area (Å²) in [4.78, 5) is 32.7. The van der Waals surface area contributed by atoms with Gasteiger partial charge in [0.2, 0.25) is 19.5 Å². The van der Waals surface area contributed by atoms with Crippen LogP contribution in [0.3, 0.4) is 0 Å². The molecular formula is C39H34F6N2O11. The summed E-state index contributed by atoms with van der Waals surface area (Å²) in [5, 5.41) is 16.9. The third kappa shape index (κ3) is 11.0. The highest BCUT2D eigenvalue weighted by Gasteiger charge is 2.38. The smallest absolute Gasteiger partial charge is 0.340 e. The molecule has 0 saturated carbocycles. The summed E-state index contributed by atoms with van der Waals surface area (Å²) in [5.74, 6) is -8.84. The maximum Gasteiger partial charge on any atom is 0.340 e. The Hall–Kier alpha value is -7.10. The van der Waals surface area contributed by atoms with Crippen molar-refractivity contribution in [2.75, 3.05) is 26.8 Å². The zero-order valence-corrected chi connectivity index (χ0v) is 29.7. The second-order valence-corrected chi connectivity index (χ2v) is 11.2. The molecule has 0 saturated heterocycles. The number of nitrogens with two attached hydrogens (primary N) is 1. The number of hydrogen-bond donors (Lipinski definition) is 2. The molecule has 19 heteroatoms. The number of fused-ring (bicyclic) bond motifs is 3. The van der Waals surface area contributed by atoms with Gasteiger partial charge in [-0.05, 0) is 61.9 Å². The topological polar surface area (TPSA) is 186 Å². The van der Waals surface area contributed by atoms with Gasteiger partial charge in [-0.25, -0.2) is 31.1 Å². The molecule has 0 amide bonds. The monoisotopic (exact) mass is 820 g/mol. The number of nitriles is 1. The van der Waals surface area contributed by atoms with Crippen molar-refractivity contribution in [1.82, 2.24) is 0 Å². The van der Waals surface area contributed by atoms with Gasteiger partial charge in [0.1, 0.15) is 29.8 Å². The van der Waals surface area contributed by atoms with Gasteiger partial charge in [-0.15, -0.1) is 0 Å². The molecule has 58 heavy (non-hydrogen) atoms. The quantitative estimate of drug-likeness (QED) is 0.0860. The highest BCUT2D eigenvalue weighted by Crippen LogP contribution is 2.48. The van der Waals surface area contributed by atoms with Gasteiger partial charge in [-0.3, -0.25) is 9.59 Å². The van der Waals surface area contributed by atoms with Gasteiger partial charge in [0.25, 0.3) is 0 Å². The molecule has 1 atom stereocenters. The van der Waals surface area contributed by atoms with E-state index in [2.05, 4.69) is 4.74 Å². The number of carbonyl (C=O) groups excluding carboxylic acids is 3. The Kier molecular flexibility index (Phi) is 16.2. The molecule has 4 aromatic carbocycles. The molecule has 3 aliphatic heterocycles. The molecule has 0 fully saturated rings. The van der Waals surface area contributed by atoms with E-state index in [4.69, 9.17) is 44.5 Å². The molecule has 0 aromatic heterocycles. The first kappa shape index (κ1) is 45.3. The number of halogens is 6. The van der Waals surface area contributed by atoms with Crippen LogP contribution in [0.4, 0.5) is 26.3 Å². The lowest BCUT2D eigenvalue weighted by Crippen LogP contribution is -2.27. The number of benzene rings is 4. The Labute approximate surface area is 326 Å². The molecule has 3 aliphatic rings. The average molecular weight is 821 g/mol.